The largest absolute Gasteiger partial charge is 0.418 e. The first-order chi connectivity index (χ1) is 9.43. The Morgan fingerprint density at radius 2 is 1.90 bits per heavy atom. The number of rotatable bonds is 4. The molecule has 0 atom stereocenters. The van der Waals surface area contributed by atoms with Gasteiger partial charge in [-0.1, -0.05) is 18.9 Å². The van der Waals surface area contributed by atoms with Gasteiger partial charge in [-0.25, -0.2) is 0 Å². The Bertz CT molecular complexity index is 451. The van der Waals surface area contributed by atoms with Crippen molar-refractivity contribution in [1.82, 2.24) is 5.32 Å². The van der Waals surface area contributed by atoms with Crippen LogP contribution in [0.15, 0.2) is 18.2 Å². The van der Waals surface area contributed by atoms with Crippen molar-refractivity contribution >= 4 is 5.69 Å². The first kappa shape index (κ1) is 15.2. The molecular formula is C15H21F3N2. The topological polar surface area (TPSA) is 15.3 Å². The van der Waals surface area contributed by atoms with Gasteiger partial charge < -0.3 is 10.2 Å². The molecule has 0 unspecified atom stereocenters. The summed E-state index contributed by atoms with van der Waals surface area (Å²) in [6, 6.07) is 4.86. The average molecular weight is 286 g/mol. The highest BCUT2D eigenvalue weighted by Gasteiger charge is 2.36. The highest BCUT2D eigenvalue weighted by atomic mass is 19.4. The summed E-state index contributed by atoms with van der Waals surface area (Å²) in [5.74, 6) is 0. The van der Waals surface area contributed by atoms with Crippen LogP contribution in [0.25, 0.3) is 0 Å². The van der Waals surface area contributed by atoms with Gasteiger partial charge in [-0.05, 0) is 37.6 Å². The highest BCUT2D eigenvalue weighted by molar-refractivity contribution is 5.56. The van der Waals surface area contributed by atoms with E-state index < -0.39 is 11.7 Å². The van der Waals surface area contributed by atoms with Crippen molar-refractivity contribution in [2.24, 2.45) is 0 Å². The zero-order valence-corrected chi connectivity index (χ0v) is 11.9. The molecule has 1 aromatic carbocycles. The summed E-state index contributed by atoms with van der Waals surface area (Å²) < 4.78 is 39.8. The van der Waals surface area contributed by atoms with Gasteiger partial charge in [0, 0.05) is 25.3 Å². The number of halogens is 3. The van der Waals surface area contributed by atoms with Crippen molar-refractivity contribution in [2.75, 3.05) is 19.0 Å². The molecule has 0 saturated heterocycles. The Hall–Kier alpha value is -1.23. The minimum absolute atomic E-state index is 0.228. The van der Waals surface area contributed by atoms with Crippen molar-refractivity contribution in [3.8, 4) is 0 Å². The van der Waals surface area contributed by atoms with E-state index in [4.69, 9.17) is 0 Å². The monoisotopic (exact) mass is 286 g/mol. The molecule has 2 rings (SSSR count). The molecule has 0 heterocycles. The van der Waals surface area contributed by atoms with E-state index in [9.17, 15) is 13.2 Å². The molecule has 1 aliphatic rings. The third-order valence-corrected chi connectivity index (χ3v) is 4.00. The van der Waals surface area contributed by atoms with E-state index in [0.29, 0.717) is 17.8 Å². The first-order valence-electron chi connectivity index (χ1n) is 7.01. The van der Waals surface area contributed by atoms with Gasteiger partial charge in [0.05, 0.1) is 5.56 Å². The van der Waals surface area contributed by atoms with Gasteiger partial charge in [-0.3, -0.25) is 0 Å². The Morgan fingerprint density at radius 1 is 1.25 bits per heavy atom. The number of hydrogen-bond donors (Lipinski definition) is 1. The standard InChI is InChI=1S/C15H21F3N2/c1-19-10-11-7-8-14(13(9-11)15(16,17)18)20(2)12-5-3-4-6-12/h7-9,12,19H,3-6,10H2,1-2H3. The lowest BCUT2D eigenvalue weighted by molar-refractivity contribution is -0.137. The Balaban J connectivity index is 2.35. The van der Waals surface area contributed by atoms with E-state index in [-0.39, 0.29) is 6.04 Å². The van der Waals surface area contributed by atoms with Crippen LogP contribution in [-0.4, -0.2) is 20.1 Å². The maximum absolute atomic E-state index is 13.3. The lowest BCUT2D eigenvalue weighted by Crippen LogP contribution is -2.31. The number of anilines is 1. The van der Waals surface area contributed by atoms with Crippen LogP contribution in [0.1, 0.15) is 36.8 Å². The predicted molar refractivity (Wildman–Crippen MR) is 74.9 cm³/mol. The van der Waals surface area contributed by atoms with Crippen LogP contribution in [-0.2, 0) is 12.7 Å². The van der Waals surface area contributed by atoms with Gasteiger partial charge in [0.1, 0.15) is 0 Å². The molecule has 1 fully saturated rings. The number of benzene rings is 1. The molecule has 1 saturated carbocycles. The van der Waals surface area contributed by atoms with Crippen molar-refractivity contribution in [3.05, 3.63) is 29.3 Å². The van der Waals surface area contributed by atoms with Gasteiger partial charge in [-0.15, -0.1) is 0 Å². The molecule has 2 nitrogen and oxygen atoms in total. The van der Waals surface area contributed by atoms with Gasteiger partial charge in [0.2, 0.25) is 0 Å². The molecule has 112 valence electrons. The molecule has 0 spiro atoms. The molecule has 1 aromatic rings. The second-order valence-corrected chi connectivity index (χ2v) is 5.43. The molecule has 0 amide bonds. The van der Waals surface area contributed by atoms with Gasteiger partial charge in [0.15, 0.2) is 0 Å². The van der Waals surface area contributed by atoms with Gasteiger partial charge >= 0.3 is 6.18 Å². The van der Waals surface area contributed by atoms with Crippen molar-refractivity contribution in [1.29, 1.82) is 0 Å². The van der Waals surface area contributed by atoms with Crippen LogP contribution < -0.4 is 10.2 Å². The molecule has 1 N–H and O–H groups in total. The van der Waals surface area contributed by atoms with E-state index in [2.05, 4.69) is 5.32 Å². The van der Waals surface area contributed by atoms with Crippen LogP contribution in [0.4, 0.5) is 18.9 Å². The molecule has 0 bridgehead atoms. The maximum Gasteiger partial charge on any atom is 0.418 e. The minimum Gasteiger partial charge on any atom is -0.371 e. The summed E-state index contributed by atoms with van der Waals surface area (Å²) >= 11 is 0. The second-order valence-electron chi connectivity index (χ2n) is 5.43. The van der Waals surface area contributed by atoms with Crippen molar-refractivity contribution < 1.29 is 13.2 Å². The third-order valence-electron chi connectivity index (χ3n) is 4.00. The zero-order chi connectivity index (χ0) is 14.8. The Morgan fingerprint density at radius 3 is 2.45 bits per heavy atom. The van der Waals surface area contributed by atoms with E-state index in [1.54, 1.807) is 31.1 Å². The Labute approximate surface area is 118 Å². The maximum atomic E-state index is 13.3. The van der Waals surface area contributed by atoms with Crippen molar-refractivity contribution in [2.45, 2.75) is 44.4 Å². The predicted octanol–water partition coefficient (Wildman–Crippen LogP) is 3.80. The summed E-state index contributed by atoms with van der Waals surface area (Å²) in [6.07, 6.45) is -0.146. The number of alkyl halides is 3. The smallest absolute Gasteiger partial charge is 0.371 e. The molecule has 0 aliphatic heterocycles. The fraction of sp³-hybridized carbons (Fsp3) is 0.600. The number of nitrogens with zero attached hydrogens (tertiary/aromatic N) is 1. The number of hydrogen-bond acceptors (Lipinski definition) is 2. The lowest BCUT2D eigenvalue weighted by atomic mass is 10.1. The van der Waals surface area contributed by atoms with Crippen LogP contribution in [0, 0.1) is 0 Å². The summed E-state index contributed by atoms with van der Waals surface area (Å²) in [7, 11) is 3.50. The van der Waals surface area contributed by atoms with E-state index in [1.807, 2.05) is 0 Å². The minimum atomic E-state index is -4.31. The zero-order valence-electron chi connectivity index (χ0n) is 11.9. The van der Waals surface area contributed by atoms with Crippen LogP contribution in [0.5, 0.6) is 0 Å². The van der Waals surface area contributed by atoms with Gasteiger partial charge in [-0.2, -0.15) is 13.2 Å². The SMILES string of the molecule is CNCc1ccc(N(C)C2CCCC2)c(C(F)(F)F)c1. The van der Waals surface area contributed by atoms with Gasteiger partial charge in [0.25, 0.3) is 0 Å². The highest BCUT2D eigenvalue weighted by Crippen LogP contribution is 2.39. The van der Waals surface area contributed by atoms with Crippen LogP contribution >= 0.6 is 0 Å². The molecule has 1 aliphatic carbocycles. The third kappa shape index (κ3) is 3.26. The summed E-state index contributed by atoms with van der Waals surface area (Å²) in [4.78, 5) is 1.80. The molecule has 0 aromatic heterocycles. The lowest BCUT2D eigenvalue weighted by Gasteiger charge is -2.29. The quantitative estimate of drug-likeness (QED) is 0.905. The summed E-state index contributed by atoms with van der Waals surface area (Å²) in [6.45, 7) is 0.441. The average Bonchev–Trinajstić information content (AvgIpc) is 2.91. The first-order valence-corrected chi connectivity index (χ1v) is 7.01. The molecule has 20 heavy (non-hydrogen) atoms. The van der Waals surface area contributed by atoms with E-state index in [0.717, 1.165) is 25.7 Å². The Kier molecular flexibility index (Phi) is 4.58. The summed E-state index contributed by atoms with van der Waals surface area (Å²) in [5.41, 5.74) is 0.423. The van der Waals surface area contributed by atoms with E-state index in [1.165, 1.54) is 6.07 Å². The van der Waals surface area contributed by atoms with Crippen LogP contribution in [0.2, 0.25) is 0 Å². The van der Waals surface area contributed by atoms with Crippen molar-refractivity contribution in [3.63, 3.8) is 0 Å². The normalized spacial score (nSPS) is 16.6. The summed E-state index contributed by atoms with van der Waals surface area (Å²) in [5, 5.41) is 2.89. The number of nitrogens with one attached hydrogen (secondary N) is 1. The fourth-order valence-corrected chi connectivity index (χ4v) is 2.92. The fourth-order valence-electron chi connectivity index (χ4n) is 2.92. The molecule has 5 heteroatoms. The second kappa shape index (κ2) is 6.04. The van der Waals surface area contributed by atoms with E-state index >= 15 is 0 Å². The van der Waals surface area contributed by atoms with Crippen LogP contribution in [0.3, 0.4) is 0 Å². The molecular weight excluding hydrogens is 265 g/mol. The molecule has 0 radical (unpaired) electrons.